The number of ketones is 1. The number of rotatable bonds is 7. The lowest BCUT2D eigenvalue weighted by Crippen LogP contribution is -2.31. The number of amides is 2. The lowest BCUT2D eigenvalue weighted by atomic mass is 10.1. The Morgan fingerprint density at radius 2 is 1.94 bits per heavy atom. The number of halogens is 2. The summed E-state index contributed by atoms with van der Waals surface area (Å²) in [6, 6.07) is 8.51. The number of urea groups is 1. The lowest BCUT2D eigenvalue weighted by molar-refractivity contribution is 0.0985. The highest BCUT2D eigenvalue weighted by Gasteiger charge is 2.32. The molecule has 160 valence electrons. The Balaban J connectivity index is 1.43. The second kappa shape index (κ2) is 8.89. The van der Waals surface area contributed by atoms with Gasteiger partial charge in [0, 0.05) is 44.0 Å². The second-order valence-corrected chi connectivity index (χ2v) is 8.27. The van der Waals surface area contributed by atoms with E-state index in [-0.39, 0.29) is 18.4 Å². The lowest BCUT2D eigenvalue weighted by Gasteiger charge is -2.17. The van der Waals surface area contributed by atoms with Crippen LogP contribution in [0.25, 0.3) is 0 Å². The predicted molar refractivity (Wildman–Crippen MR) is 113 cm³/mol. The molecule has 0 unspecified atom stereocenters. The molecule has 0 spiro atoms. The predicted octanol–water partition coefficient (Wildman–Crippen LogP) is 4.38. The first-order valence-electron chi connectivity index (χ1n) is 9.82. The molecule has 0 N–H and O–H groups in total. The number of aryl methyl sites for hydroxylation is 2. The van der Waals surface area contributed by atoms with E-state index in [1.807, 2.05) is 18.2 Å². The first-order valence-corrected chi connectivity index (χ1v) is 10.6. The van der Waals surface area contributed by atoms with Gasteiger partial charge in [-0.1, -0.05) is 17.4 Å². The van der Waals surface area contributed by atoms with Crippen molar-refractivity contribution in [1.82, 2.24) is 14.9 Å². The first-order chi connectivity index (χ1) is 14.9. The highest BCUT2D eigenvalue weighted by Crippen LogP contribution is 2.30. The standard InChI is InChI=1S/C22H20F2N4O2S/c1-14-20(19(29)6-5-18-4-2-3-7-25-18)31-21(26-14)28-9-8-27(22(28)30)13-15-10-16(23)12-17(24)11-15/h2-4,7,10-12H,5-6,8-9,13H2,1H3. The number of carbonyl (C=O) groups is 2. The average Bonchev–Trinajstić information content (AvgIpc) is 3.29. The molecule has 0 bridgehead atoms. The molecule has 1 aliphatic rings. The number of aromatic nitrogens is 2. The average molecular weight is 442 g/mol. The summed E-state index contributed by atoms with van der Waals surface area (Å²) < 4.78 is 26.9. The Hall–Kier alpha value is -3.20. The minimum atomic E-state index is -0.678. The second-order valence-electron chi connectivity index (χ2n) is 7.29. The monoisotopic (exact) mass is 442 g/mol. The van der Waals surface area contributed by atoms with Gasteiger partial charge in [-0.05, 0) is 43.2 Å². The van der Waals surface area contributed by atoms with Gasteiger partial charge in [-0.2, -0.15) is 0 Å². The highest BCUT2D eigenvalue weighted by molar-refractivity contribution is 7.17. The number of carbonyl (C=O) groups excluding carboxylic acids is 2. The van der Waals surface area contributed by atoms with Crippen LogP contribution in [0, 0.1) is 18.6 Å². The molecule has 0 aliphatic carbocycles. The number of Topliss-reactive ketones (excluding diaryl/α,β-unsaturated/α-hetero) is 1. The molecular weight excluding hydrogens is 422 g/mol. The number of nitrogens with zero attached hydrogens (tertiary/aromatic N) is 4. The van der Waals surface area contributed by atoms with Crippen LogP contribution in [0.2, 0.25) is 0 Å². The molecule has 6 nitrogen and oxygen atoms in total. The number of anilines is 1. The molecule has 1 fully saturated rings. The van der Waals surface area contributed by atoms with Gasteiger partial charge in [-0.25, -0.2) is 18.6 Å². The van der Waals surface area contributed by atoms with Gasteiger partial charge < -0.3 is 4.90 Å². The van der Waals surface area contributed by atoms with E-state index in [1.54, 1.807) is 13.1 Å². The van der Waals surface area contributed by atoms with Gasteiger partial charge in [0.1, 0.15) is 11.6 Å². The summed E-state index contributed by atoms with van der Waals surface area (Å²) in [5.41, 5.74) is 1.82. The van der Waals surface area contributed by atoms with Gasteiger partial charge >= 0.3 is 6.03 Å². The number of thiazole rings is 1. The summed E-state index contributed by atoms with van der Waals surface area (Å²) in [5.74, 6) is -1.39. The third-order valence-corrected chi connectivity index (χ3v) is 6.22. The minimum absolute atomic E-state index is 0.0364. The molecular formula is C22H20F2N4O2S. The molecule has 3 aromatic rings. The molecule has 0 atom stereocenters. The quantitative estimate of drug-likeness (QED) is 0.510. The maximum Gasteiger partial charge on any atom is 0.326 e. The molecule has 2 amide bonds. The van der Waals surface area contributed by atoms with E-state index in [2.05, 4.69) is 9.97 Å². The fourth-order valence-corrected chi connectivity index (χ4v) is 4.54. The number of pyridine rings is 1. The van der Waals surface area contributed by atoms with Crippen LogP contribution < -0.4 is 4.90 Å². The van der Waals surface area contributed by atoms with E-state index in [9.17, 15) is 18.4 Å². The Kier molecular flexibility index (Phi) is 6.03. The van der Waals surface area contributed by atoms with Crippen molar-refractivity contribution in [3.05, 3.63) is 76.1 Å². The van der Waals surface area contributed by atoms with Gasteiger partial charge in [-0.3, -0.25) is 14.7 Å². The van der Waals surface area contributed by atoms with E-state index >= 15 is 0 Å². The van der Waals surface area contributed by atoms with Crippen LogP contribution in [0.4, 0.5) is 18.7 Å². The zero-order chi connectivity index (χ0) is 22.0. The van der Waals surface area contributed by atoms with E-state index in [1.165, 1.54) is 33.3 Å². The Labute approximate surface area is 182 Å². The maximum absolute atomic E-state index is 13.4. The van der Waals surface area contributed by atoms with Crippen molar-refractivity contribution in [2.24, 2.45) is 0 Å². The number of benzene rings is 1. The van der Waals surface area contributed by atoms with Gasteiger partial charge in [0.05, 0.1) is 10.6 Å². The Morgan fingerprint density at radius 1 is 1.16 bits per heavy atom. The van der Waals surface area contributed by atoms with Crippen LogP contribution in [0.15, 0.2) is 42.6 Å². The van der Waals surface area contributed by atoms with Crippen LogP contribution in [0.1, 0.15) is 33.0 Å². The molecule has 4 rings (SSSR count). The summed E-state index contributed by atoms with van der Waals surface area (Å²) in [4.78, 5) is 37.7. The number of hydrogen-bond donors (Lipinski definition) is 0. The zero-order valence-electron chi connectivity index (χ0n) is 16.8. The van der Waals surface area contributed by atoms with Crippen molar-refractivity contribution >= 4 is 28.3 Å². The van der Waals surface area contributed by atoms with Crippen molar-refractivity contribution in [3.63, 3.8) is 0 Å². The number of hydrogen-bond acceptors (Lipinski definition) is 5. The largest absolute Gasteiger partial charge is 0.326 e. The van der Waals surface area contributed by atoms with E-state index in [0.29, 0.717) is 47.2 Å². The molecule has 0 saturated carbocycles. The van der Waals surface area contributed by atoms with E-state index in [4.69, 9.17) is 0 Å². The molecule has 31 heavy (non-hydrogen) atoms. The SMILES string of the molecule is Cc1nc(N2CCN(Cc3cc(F)cc(F)c3)C2=O)sc1C(=O)CCc1ccccn1. The van der Waals surface area contributed by atoms with Crippen LogP contribution >= 0.6 is 11.3 Å². The van der Waals surface area contributed by atoms with Gasteiger partial charge in [0.2, 0.25) is 0 Å². The van der Waals surface area contributed by atoms with Crippen molar-refractivity contribution in [2.45, 2.75) is 26.3 Å². The molecule has 1 saturated heterocycles. The fraction of sp³-hybridized carbons (Fsp3) is 0.273. The van der Waals surface area contributed by atoms with Crippen LogP contribution in [0.3, 0.4) is 0 Å². The molecule has 2 aromatic heterocycles. The fourth-order valence-electron chi connectivity index (χ4n) is 3.49. The Bertz CT molecular complexity index is 1100. The highest BCUT2D eigenvalue weighted by atomic mass is 32.1. The molecule has 1 aliphatic heterocycles. The van der Waals surface area contributed by atoms with Gasteiger partial charge in [-0.15, -0.1) is 0 Å². The summed E-state index contributed by atoms with van der Waals surface area (Å²) in [6.45, 7) is 2.65. The molecule has 3 heterocycles. The van der Waals surface area contributed by atoms with E-state index < -0.39 is 11.6 Å². The molecule has 1 aromatic carbocycles. The van der Waals surface area contributed by atoms with Crippen molar-refractivity contribution in [3.8, 4) is 0 Å². The van der Waals surface area contributed by atoms with Crippen molar-refractivity contribution in [1.29, 1.82) is 0 Å². The zero-order valence-corrected chi connectivity index (χ0v) is 17.7. The van der Waals surface area contributed by atoms with Crippen molar-refractivity contribution in [2.75, 3.05) is 18.0 Å². The summed E-state index contributed by atoms with van der Waals surface area (Å²) >= 11 is 1.19. The summed E-state index contributed by atoms with van der Waals surface area (Å²) in [7, 11) is 0. The maximum atomic E-state index is 13.4. The third-order valence-electron chi connectivity index (χ3n) is 4.99. The minimum Gasteiger partial charge on any atom is -0.318 e. The summed E-state index contributed by atoms with van der Waals surface area (Å²) in [5, 5.41) is 0.455. The van der Waals surface area contributed by atoms with E-state index in [0.717, 1.165) is 11.8 Å². The molecule has 0 radical (unpaired) electrons. The Morgan fingerprint density at radius 3 is 2.65 bits per heavy atom. The normalized spacial score (nSPS) is 13.8. The molecule has 9 heteroatoms. The van der Waals surface area contributed by atoms with Crippen molar-refractivity contribution < 1.29 is 18.4 Å². The smallest absolute Gasteiger partial charge is 0.318 e. The van der Waals surface area contributed by atoms with Gasteiger partial charge in [0.15, 0.2) is 10.9 Å². The summed E-state index contributed by atoms with van der Waals surface area (Å²) in [6.07, 6.45) is 2.54. The van der Waals surface area contributed by atoms with Crippen LogP contribution in [-0.4, -0.2) is 39.8 Å². The third kappa shape index (κ3) is 4.77. The topological polar surface area (TPSA) is 66.4 Å². The van der Waals surface area contributed by atoms with Crippen LogP contribution in [0.5, 0.6) is 0 Å². The first kappa shape index (κ1) is 21.0. The van der Waals surface area contributed by atoms with Gasteiger partial charge in [0.25, 0.3) is 0 Å². The van der Waals surface area contributed by atoms with Crippen LogP contribution in [-0.2, 0) is 13.0 Å².